The van der Waals surface area contributed by atoms with E-state index in [0.717, 1.165) is 0 Å². The number of nitrogens with one attached hydrogen (secondary N) is 4. The minimum Gasteiger partial charge on any atom is -0.497 e. The number of hydrogen-bond donors (Lipinski definition) is 4. The molecule has 3 aromatic carbocycles. The summed E-state index contributed by atoms with van der Waals surface area (Å²) in [6.07, 6.45) is -5.44. The topological polar surface area (TPSA) is 202 Å². The van der Waals surface area contributed by atoms with Crippen LogP contribution in [-0.2, 0) is 35.1 Å². The third-order valence-electron chi connectivity index (χ3n) is 7.98. The molecule has 0 saturated carbocycles. The minimum absolute atomic E-state index is 0.0511. The molecule has 0 heterocycles. The van der Waals surface area contributed by atoms with E-state index in [9.17, 15) is 47.2 Å². The van der Waals surface area contributed by atoms with Crippen LogP contribution in [0.3, 0.4) is 0 Å². The first-order chi connectivity index (χ1) is 26.7. The van der Waals surface area contributed by atoms with Crippen LogP contribution in [0, 0.1) is 17.2 Å². The lowest BCUT2D eigenvalue weighted by Gasteiger charge is -2.27. The van der Waals surface area contributed by atoms with Gasteiger partial charge < -0.3 is 35.5 Å². The maximum absolute atomic E-state index is 14.0. The lowest BCUT2D eigenvalue weighted by Crippen LogP contribution is -2.55. The normalized spacial score (nSPS) is 12.9. The summed E-state index contributed by atoms with van der Waals surface area (Å²) in [4.78, 5) is 77.5. The van der Waals surface area contributed by atoms with Crippen molar-refractivity contribution in [1.82, 2.24) is 21.3 Å². The molecule has 0 radical (unpaired) electrons. The number of Topliss-reactive ketones (excluding diaryl/α,β-unsaturated/α-hetero) is 1. The first-order valence-corrected chi connectivity index (χ1v) is 17.6. The molecule has 3 atom stereocenters. The Morgan fingerprint density at radius 3 is 2.02 bits per heavy atom. The van der Waals surface area contributed by atoms with Gasteiger partial charge in [-0.15, -0.1) is 0 Å². The van der Waals surface area contributed by atoms with Crippen LogP contribution < -0.4 is 30.7 Å². The molecule has 14 nitrogen and oxygen atoms in total. The average Bonchev–Trinajstić information content (AvgIpc) is 3.15. The van der Waals surface area contributed by atoms with Gasteiger partial charge in [-0.3, -0.25) is 28.8 Å². The second kappa shape index (κ2) is 19.9. The summed E-state index contributed by atoms with van der Waals surface area (Å²) in [5.74, 6) is -6.64. The maximum atomic E-state index is 14.0. The Hall–Kier alpha value is -6.44. The molecule has 0 bridgehead atoms. The molecule has 0 aromatic heterocycles. The van der Waals surface area contributed by atoms with E-state index in [2.05, 4.69) is 21.3 Å². The minimum atomic E-state index is -5.25. The quantitative estimate of drug-likeness (QED) is 0.145. The van der Waals surface area contributed by atoms with Crippen LogP contribution >= 0.6 is 0 Å². The Labute approximate surface area is 327 Å². The number of esters is 1. The van der Waals surface area contributed by atoms with Crippen molar-refractivity contribution in [3.8, 4) is 17.6 Å². The van der Waals surface area contributed by atoms with Crippen LogP contribution in [-0.4, -0.2) is 79.5 Å². The van der Waals surface area contributed by atoms with Gasteiger partial charge >= 0.3 is 12.1 Å². The zero-order valence-electron chi connectivity index (χ0n) is 32.1. The Kier molecular flexibility index (Phi) is 15.7. The number of methoxy groups -OCH3 is 1. The van der Waals surface area contributed by atoms with E-state index in [1.54, 1.807) is 32.9 Å². The van der Waals surface area contributed by atoms with Crippen molar-refractivity contribution in [3.05, 3.63) is 95.1 Å². The average molecular weight is 796 g/mol. The molecule has 0 spiro atoms. The number of halogens is 3. The third kappa shape index (κ3) is 14.3. The molecule has 0 saturated heterocycles. The van der Waals surface area contributed by atoms with Crippen LogP contribution in [0.1, 0.15) is 67.7 Å². The predicted molar refractivity (Wildman–Crippen MR) is 199 cm³/mol. The summed E-state index contributed by atoms with van der Waals surface area (Å²) >= 11 is 0. The van der Waals surface area contributed by atoms with Gasteiger partial charge in [-0.1, -0.05) is 38.1 Å². The van der Waals surface area contributed by atoms with Gasteiger partial charge in [0.1, 0.15) is 35.7 Å². The number of ketones is 1. The van der Waals surface area contributed by atoms with E-state index in [-0.39, 0.29) is 35.4 Å². The Morgan fingerprint density at radius 1 is 0.825 bits per heavy atom. The van der Waals surface area contributed by atoms with Gasteiger partial charge in [0, 0.05) is 12.0 Å². The monoisotopic (exact) mass is 795 g/mol. The molecule has 0 aliphatic carbocycles. The SMILES string of the molecule is COc1ccc([C@H](NC(=O)[C@H](Cc2cccc(C#N)c2)NC(=O)c2ccc(OCC(=O)NCC(=O)OC(C)(C)C)cc2)C(=O)N[C@H](C(=O)C(F)(F)F)C(C)C)cc1. The van der Waals surface area contributed by atoms with Gasteiger partial charge in [0.2, 0.25) is 11.8 Å². The van der Waals surface area contributed by atoms with Gasteiger partial charge in [-0.2, -0.15) is 18.4 Å². The van der Waals surface area contributed by atoms with E-state index < -0.39 is 77.8 Å². The molecule has 0 fully saturated rings. The van der Waals surface area contributed by atoms with Crippen LogP contribution in [0.4, 0.5) is 13.2 Å². The largest absolute Gasteiger partial charge is 0.497 e. The first-order valence-electron chi connectivity index (χ1n) is 17.6. The summed E-state index contributed by atoms with van der Waals surface area (Å²) in [7, 11) is 1.39. The van der Waals surface area contributed by atoms with Gasteiger partial charge in [-0.05, 0) is 86.3 Å². The van der Waals surface area contributed by atoms with Crippen molar-refractivity contribution in [1.29, 1.82) is 5.26 Å². The van der Waals surface area contributed by atoms with Gasteiger partial charge in [0.25, 0.3) is 17.6 Å². The molecule has 17 heteroatoms. The molecule has 0 unspecified atom stereocenters. The van der Waals surface area contributed by atoms with Crippen molar-refractivity contribution in [2.45, 2.75) is 70.9 Å². The van der Waals surface area contributed by atoms with Gasteiger partial charge in [0.05, 0.1) is 24.8 Å². The second-order valence-electron chi connectivity index (χ2n) is 14.0. The van der Waals surface area contributed by atoms with Crippen LogP contribution in [0.15, 0.2) is 72.8 Å². The molecular weight excluding hydrogens is 751 g/mol. The number of hydrogen-bond acceptors (Lipinski definition) is 10. The van der Waals surface area contributed by atoms with E-state index in [1.807, 2.05) is 6.07 Å². The summed E-state index contributed by atoms with van der Waals surface area (Å²) < 4.78 is 56.1. The number of benzene rings is 3. The van der Waals surface area contributed by atoms with Crippen molar-refractivity contribution < 1.29 is 56.1 Å². The lowest BCUT2D eigenvalue weighted by atomic mass is 9.97. The highest BCUT2D eigenvalue weighted by Crippen LogP contribution is 2.24. The fourth-order valence-electron chi connectivity index (χ4n) is 5.19. The molecule has 4 amide bonds. The summed E-state index contributed by atoms with van der Waals surface area (Å²) in [5.41, 5.74) is 0.155. The van der Waals surface area contributed by atoms with E-state index in [0.29, 0.717) is 11.3 Å². The number of carbonyl (C=O) groups excluding carboxylic acids is 6. The molecule has 0 aliphatic rings. The second-order valence-corrected chi connectivity index (χ2v) is 14.0. The van der Waals surface area contributed by atoms with Crippen molar-refractivity contribution >= 4 is 35.4 Å². The zero-order chi connectivity index (χ0) is 42.5. The molecule has 0 aliphatic heterocycles. The first kappa shape index (κ1) is 45.0. The number of carbonyl (C=O) groups is 6. The predicted octanol–water partition coefficient (Wildman–Crippen LogP) is 3.87. The summed E-state index contributed by atoms with van der Waals surface area (Å²) in [6, 6.07) is 14.3. The van der Waals surface area contributed by atoms with Gasteiger partial charge in [0.15, 0.2) is 6.61 Å². The third-order valence-corrected chi connectivity index (χ3v) is 7.98. The van der Waals surface area contributed by atoms with Crippen LogP contribution in [0.5, 0.6) is 11.5 Å². The fraction of sp³-hybridized carbons (Fsp3) is 0.375. The molecule has 3 rings (SSSR count). The molecule has 304 valence electrons. The summed E-state index contributed by atoms with van der Waals surface area (Å²) in [5, 5.41) is 19.0. The molecule has 3 aromatic rings. The van der Waals surface area contributed by atoms with Gasteiger partial charge in [-0.25, -0.2) is 0 Å². The van der Waals surface area contributed by atoms with Crippen LogP contribution in [0.2, 0.25) is 0 Å². The lowest BCUT2D eigenvalue weighted by molar-refractivity contribution is -0.175. The highest BCUT2D eigenvalue weighted by molar-refractivity contribution is 5.99. The van der Waals surface area contributed by atoms with E-state index in [1.165, 1.54) is 81.6 Å². The van der Waals surface area contributed by atoms with E-state index >= 15 is 0 Å². The highest BCUT2D eigenvalue weighted by atomic mass is 19.4. The maximum Gasteiger partial charge on any atom is 0.452 e. The highest BCUT2D eigenvalue weighted by Gasteiger charge is 2.45. The number of nitriles is 1. The Morgan fingerprint density at radius 2 is 1.46 bits per heavy atom. The Bertz CT molecular complexity index is 1950. The van der Waals surface area contributed by atoms with E-state index in [4.69, 9.17) is 14.2 Å². The van der Waals surface area contributed by atoms with Crippen molar-refractivity contribution in [2.75, 3.05) is 20.3 Å². The zero-order valence-corrected chi connectivity index (χ0v) is 32.1. The van der Waals surface area contributed by atoms with Crippen molar-refractivity contribution in [3.63, 3.8) is 0 Å². The van der Waals surface area contributed by atoms with Crippen molar-refractivity contribution in [2.24, 2.45) is 5.92 Å². The number of rotatable bonds is 17. The smallest absolute Gasteiger partial charge is 0.452 e. The number of alkyl halides is 3. The Balaban J connectivity index is 1.85. The number of nitrogens with zero attached hydrogens (tertiary/aromatic N) is 1. The molecule has 4 N–H and O–H groups in total. The standard InChI is InChI=1S/C40H44F3N5O9/c1-23(2)33(35(51)40(41,42)43)47-38(54)34(26-10-14-28(55-6)15-11-26)48-37(53)30(19-24-8-7-9-25(18-24)20-44)46-36(52)27-12-16-29(17-13-27)56-22-31(49)45-21-32(50)57-39(3,4)5/h7-18,23,30,33-34H,19,21-22H2,1-6H3,(H,45,49)(H,46,52)(H,47,54)(H,48,53)/t30-,33-,34-/m0/s1. The molecule has 57 heavy (non-hydrogen) atoms. The molecular formula is C40H44F3N5O9. The fourth-order valence-corrected chi connectivity index (χ4v) is 5.19. The number of ether oxygens (including phenoxy) is 3. The number of amides is 4. The summed E-state index contributed by atoms with van der Waals surface area (Å²) in [6.45, 7) is 6.88. The van der Waals surface area contributed by atoms with Crippen LogP contribution in [0.25, 0.3) is 0 Å².